The van der Waals surface area contributed by atoms with E-state index in [1.165, 1.54) is 18.3 Å². The molecule has 0 fully saturated rings. The van der Waals surface area contributed by atoms with Gasteiger partial charge < -0.3 is 10.6 Å². The summed E-state index contributed by atoms with van der Waals surface area (Å²) in [4.78, 5) is 33.8. The lowest BCUT2D eigenvalue weighted by atomic mass is 9.89. The highest BCUT2D eigenvalue weighted by Crippen LogP contribution is 2.27. The van der Waals surface area contributed by atoms with Gasteiger partial charge in [-0.2, -0.15) is 0 Å². The fourth-order valence-electron chi connectivity index (χ4n) is 2.60. The van der Waals surface area contributed by atoms with E-state index in [-0.39, 0.29) is 33.9 Å². The summed E-state index contributed by atoms with van der Waals surface area (Å²) < 4.78 is 13.3. The number of benzene rings is 1. The first-order chi connectivity index (χ1) is 12.7. The maximum atomic E-state index is 13.3. The first-order valence-electron chi connectivity index (χ1n) is 8.35. The van der Waals surface area contributed by atoms with Crippen LogP contribution in [0.1, 0.15) is 36.8 Å². The molecule has 2 aromatic rings. The molecule has 0 saturated carbocycles. The topological polar surface area (TPSA) is 83.4 Å². The first kappa shape index (κ1) is 19.0. The van der Waals surface area contributed by atoms with Crippen molar-refractivity contribution < 1.29 is 14.0 Å². The predicted molar refractivity (Wildman–Crippen MR) is 102 cm³/mol. The Morgan fingerprint density at radius 1 is 1.33 bits per heavy atom. The van der Waals surface area contributed by atoms with Crippen molar-refractivity contribution in [2.24, 2.45) is 10.9 Å². The summed E-state index contributed by atoms with van der Waals surface area (Å²) >= 11 is 5.75. The number of halogens is 2. The van der Waals surface area contributed by atoms with Crippen LogP contribution in [0, 0.1) is 11.7 Å². The molecule has 27 heavy (non-hydrogen) atoms. The third-order valence-electron chi connectivity index (χ3n) is 4.61. The monoisotopic (exact) mass is 388 g/mol. The number of nitrogens with zero attached hydrogens (tertiary/aromatic N) is 2. The van der Waals surface area contributed by atoms with E-state index in [2.05, 4.69) is 20.6 Å². The molecule has 0 aliphatic carbocycles. The molecule has 1 aliphatic heterocycles. The SMILES string of the molecule is CC(C)[C@]1(C)N=C(c2ncccc2C(=O)Nc2ccc(F)c(Cl)c2)NC1=O. The molecule has 1 aromatic heterocycles. The molecule has 3 rings (SSSR count). The number of rotatable bonds is 4. The number of aliphatic imine (C=N–C) groups is 1. The number of anilines is 1. The molecule has 0 radical (unpaired) electrons. The van der Waals surface area contributed by atoms with Crippen LogP contribution >= 0.6 is 11.6 Å². The van der Waals surface area contributed by atoms with Gasteiger partial charge in [-0.3, -0.25) is 14.6 Å². The second-order valence-electron chi connectivity index (χ2n) is 6.70. The van der Waals surface area contributed by atoms with Crippen molar-refractivity contribution in [2.75, 3.05) is 5.32 Å². The standard InChI is InChI=1S/C19H18ClFN4O2/c1-10(2)19(3)18(27)24-16(25-19)15-12(5-4-8-22-15)17(26)23-11-6-7-14(21)13(20)9-11/h4-10H,1-3H3,(H,23,26)(H,24,25,27)/t19-/m0/s1. The summed E-state index contributed by atoms with van der Waals surface area (Å²) in [5.41, 5.74) is -0.0954. The number of hydrogen-bond donors (Lipinski definition) is 2. The van der Waals surface area contributed by atoms with Crippen molar-refractivity contribution in [3.05, 3.63) is 58.6 Å². The number of amidine groups is 1. The normalized spacial score (nSPS) is 19.0. The van der Waals surface area contributed by atoms with Crippen LogP contribution in [0.4, 0.5) is 10.1 Å². The minimum Gasteiger partial charge on any atom is -0.322 e. The van der Waals surface area contributed by atoms with Crippen LogP contribution in [0.2, 0.25) is 5.02 Å². The van der Waals surface area contributed by atoms with Crippen LogP contribution < -0.4 is 10.6 Å². The van der Waals surface area contributed by atoms with Crippen molar-refractivity contribution in [2.45, 2.75) is 26.3 Å². The van der Waals surface area contributed by atoms with E-state index in [0.717, 1.165) is 6.07 Å². The molecule has 1 aromatic carbocycles. The fraction of sp³-hybridized carbons (Fsp3) is 0.263. The Kier molecular flexibility index (Phi) is 4.97. The zero-order chi connectivity index (χ0) is 19.8. The Labute approximate surface area is 160 Å². The third-order valence-corrected chi connectivity index (χ3v) is 4.90. The van der Waals surface area contributed by atoms with Gasteiger partial charge in [-0.05, 0) is 43.2 Å². The van der Waals surface area contributed by atoms with Crippen molar-refractivity contribution in [3.63, 3.8) is 0 Å². The summed E-state index contributed by atoms with van der Waals surface area (Å²) in [5.74, 6) is -1.07. The van der Waals surface area contributed by atoms with Crippen molar-refractivity contribution in [1.29, 1.82) is 0 Å². The number of carbonyl (C=O) groups is 2. The average Bonchev–Trinajstić information content (AvgIpc) is 2.94. The minimum absolute atomic E-state index is 0.0302. The Hall–Kier alpha value is -2.80. The fourth-order valence-corrected chi connectivity index (χ4v) is 2.78. The summed E-state index contributed by atoms with van der Waals surface area (Å²) in [7, 11) is 0. The first-order valence-corrected chi connectivity index (χ1v) is 8.73. The van der Waals surface area contributed by atoms with E-state index >= 15 is 0 Å². The van der Waals surface area contributed by atoms with Gasteiger partial charge in [0.2, 0.25) is 0 Å². The zero-order valence-electron chi connectivity index (χ0n) is 15.0. The highest BCUT2D eigenvalue weighted by atomic mass is 35.5. The van der Waals surface area contributed by atoms with Crippen molar-refractivity contribution >= 4 is 34.9 Å². The lowest BCUT2D eigenvalue weighted by Gasteiger charge is -2.21. The summed E-state index contributed by atoms with van der Waals surface area (Å²) in [5, 5.41) is 5.26. The maximum absolute atomic E-state index is 13.3. The Balaban J connectivity index is 1.94. The molecular formula is C19H18ClFN4O2. The van der Waals surface area contributed by atoms with E-state index in [9.17, 15) is 14.0 Å². The van der Waals surface area contributed by atoms with E-state index in [1.54, 1.807) is 19.1 Å². The Bertz CT molecular complexity index is 960. The number of carbonyl (C=O) groups excluding carboxylic acids is 2. The smallest absolute Gasteiger partial charge is 0.257 e. The van der Waals surface area contributed by atoms with Crippen LogP contribution in [0.5, 0.6) is 0 Å². The van der Waals surface area contributed by atoms with Gasteiger partial charge in [0.25, 0.3) is 11.8 Å². The van der Waals surface area contributed by atoms with Gasteiger partial charge in [-0.1, -0.05) is 25.4 Å². The van der Waals surface area contributed by atoms with Gasteiger partial charge in [-0.15, -0.1) is 0 Å². The molecule has 2 amide bonds. The quantitative estimate of drug-likeness (QED) is 0.841. The minimum atomic E-state index is -0.926. The van der Waals surface area contributed by atoms with Crippen LogP contribution in [0.15, 0.2) is 41.5 Å². The second-order valence-corrected chi connectivity index (χ2v) is 7.11. The molecule has 0 unspecified atom stereocenters. The number of nitrogens with one attached hydrogen (secondary N) is 2. The average molecular weight is 389 g/mol. The van der Waals surface area contributed by atoms with Crippen LogP contribution in [0.25, 0.3) is 0 Å². The molecule has 8 heteroatoms. The van der Waals surface area contributed by atoms with Gasteiger partial charge in [-0.25, -0.2) is 9.38 Å². The second kappa shape index (κ2) is 7.08. The van der Waals surface area contributed by atoms with Crippen LogP contribution in [-0.4, -0.2) is 28.2 Å². The maximum Gasteiger partial charge on any atom is 0.257 e. The molecule has 1 atom stereocenters. The number of aromatic nitrogens is 1. The van der Waals surface area contributed by atoms with Crippen molar-refractivity contribution in [3.8, 4) is 0 Å². The van der Waals surface area contributed by atoms with E-state index < -0.39 is 17.3 Å². The molecular weight excluding hydrogens is 371 g/mol. The number of amides is 2. The highest BCUT2D eigenvalue weighted by molar-refractivity contribution is 6.31. The zero-order valence-corrected chi connectivity index (χ0v) is 15.8. The summed E-state index contributed by atoms with van der Waals surface area (Å²) in [6.45, 7) is 5.54. The highest BCUT2D eigenvalue weighted by Gasteiger charge is 2.42. The number of pyridine rings is 1. The Morgan fingerprint density at radius 2 is 2.07 bits per heavy atom. The molecule has 1 aliphatic rings. The lowest BCUT2D eigenvalue weighted by Crippen LogP contribution is -2.41. The van der Waals surface area contributed by atoms with E-state index in [1.807, 2.05) is 13.8 Å². The molecule has 140 valence electrons. The van der Waals surface area contributed by atoms with Gasteiger partial charge >= 0.3 is 0 Å². The van der Waals surface area contributed by atoms with Crippen LogP contribution in [0.3, 0.4) is 0 Å². The third kappa shape index (κ3) is 3.55. The lowest BCUT2D eigenvalue weighted by molar-refractivity contribution is -0.124. The molecule has 0 bridgehead atoms. The predicted octanol–water partition coefficient (Wildman–Crippen LogP) is 3.42. The molecule has 6 nitrogen and oxygen atoms in total. The summed E-state index contributed by atoms with van der Waals surface area (Å²) in [6.07, 6.45) is 1.51. The molecule has 0 spiro atoms. The molecule has 0 saturated heterocycles. The van der Waals surface area contributed by atoms with E-state index in [0.29, 0.717) is 5.69 Å². The van der Waals surface area contributed by atoms with Gasteiger partial charge in [0.05, 0.1) is 10.6 Å². The number of hydrogen-bond acceptors (Lipinski definition) is 4. The van der Waals surface area contributed by atoms with Gasteiger partial charge in [0, 0.05) is 11.9 Å². The molecule has 2 heterocycles. The van der Waals surface area contributed by atoms with Gasteiger partial charge in [0.1, 0.15) is 17.1 Å². The Morgan fingerprint density at radius 3 is 2.70 bits per heavy atom. The molecule has 2 N–H and O–H groups in total. The largest absolute Gasteiger partial charge is 0.322 e. The van der Waals surface area contributed by atoms with Crippen molar-refractivity contribution in [1.82, 2.24) is 10.3 Å². The van der Waals surface area contributed by atoms with Gasteiger partial charge in [0.15, 0.2) is 5.84 Å². The summed E-state index contributed by atoms with van der Waals surface area (Å²) in [6, 6.07) is 7.06. The van der Waals surface area contributed by atoms with E-state index in [4.69, 9.17) is 11.6 Å². The van der Waals surface area contributed by atoms with Crippen LogP contribution in [-0.2, 0) is 4.79 Å².